The van der Waals surface area contributed by atoms with Crippen LogP contribution in [0, 0.1) is 29.6 Å². The fourth-order valence-corrected chi connectivity index (χ4v) is 4.84. The summed E-state index contributed by atoms with van der Waals surface area (Å²) >= 11 is 0. The van der Waals surface area contributed by atoms with Crippen molar-refractivity contribution in [3.05, 3.63) is 0 Å². The van der Waals surface area contributed by atoms with E-state index in [0.717, 1.165) is 29.6 Å². The van der Waals surface area contributed by atoms with Crippen LogP contribution in [0.2, 0.25) is 0 Å². The third-order valence-electron chi connectivity index (χ3n) is 6.39. The van der Waals surface area contributed by atoms with Crippen LogP contribution >= 0.6 is 0 Å². The molecule has 0 spiro atoms. The Morgan fingerprint density at radius 3 is 1.55 bits per heavy atom. The molecule has 0 aromatic carbocycles. The molecular formula is C18H34N2. The Morgan fingerprint density at radius 1 is 0.550 bits per heavy atom. The van der Waals surface area contributed by atoms with Gasteiger partial charge in [0.05, 0.1) is 6.17 Å². The lowest BCUT2D eigenvalue weighted by molar-refractivity contribution is 0.118. The molecule has 1 saturated heterocycles. The van der Waals surface area contributed by atoms with Gasteiger partial charge in [0.15, 0.2) is 0 Å². The lowest BCUT2D eigenvalue weighted by Crippen LogP contribution is -2.56. The molecule has 2 N–H and O–H groups in total. The maximum absolute atomic E-state index is 3.73. The largest absolute Gasteiger partial charge is 0.301 e. The summed E-state index contributed by atoms with van der Waals surface area (Å²) < 4.78 is 0. The summed E-state index contributed by atoms with van der Waals surface area (Å²) in [5.74, 6) is 4.81. The second-order valence-electron chi connectivity index (χ2n) is 8.09. The van der Waals surface area contributed by atoms with Crippen molar-refractivity contribution in [2.75, 3.05) is 13.1 Å². The molecule has 0 unspecified atom stereocenters. The number of rotatable bonds is 2. The van der Waals surface area contributed by atoms with Crippen LogP contribution in [0.4, 0.5) is 0 Å². The van der Waals surface area contributed by atoms with Crippen molar-refractivity contribution in [3.63, 3.8) is 0 Å². The fourth-order valence-electron chi connectivity index (χ4n) is 4.84. The first kappa shape index (κ1) is 14.8. The Hall–Kier alpha value is -0.0800. The van der Waals surface area contributed by atoms with Crippen LogP contribution < -0.4 is 10.6 Å². The molecule has 0 atom stereocenters. The minimum absolute atomic E-state index is 0.610. The Morgan fingerprint density at radius 2 is 1.00 bits per heavy atom. The summed E-state index contributed by atoms with van der Waals surface area (Å²) in [4.78, 5) is 0. The van der Waals surface area contributed by atoms with E-state index in [2.05, 4.69) is 24.5 Å². The van der Waals surface area contributed by atoms with Crippen LogP contribution in [0.15, 0.2) is 0 Å². The monoisotopic (exact) mass is 278 g/mol. The summed E-state index contributed by atoms with van der Waals surface area (Å²) in [7, 11) is 0. The molecule has 2 heteroatoms. The molecular weight excluding hydrogens is 244 g/mol. The molecule has 0 aromatic rings. The molecule has 116 valence electrons. The maximum atomic E-state index is 3.73. The predicted molar refractivity (Wildman–Crippen MR) is 85.5 cm³/mol. The van der Waals surface area contributed by atoms with Gasteiger partial charge in [-0.05, 0) is 68.1 Å². The van der Waals surface area contributed by atoms with Gasteiger partial charge in [-0.1, -0.05) is 26.7 Å². The number of hydrogen-bond acceptors (Lipinski definition) is 2. The minimum Gasteiger partial charge on any atom is -0.301 e. The first-order valence-electron chi connectivity index (χ1n) is 9.19. The van der Waals surface area contributed by atoms with Crippen molar-refractivity contribution < 1.29 is 0 Å². The van der Waals surface area contributed by atoms with Gasteiger partial charge in [-0.2, -0.15) is 0 Å². The predicted octanol–water partition coefficient (Wildman–Crippen LogP) is 3.77. The van der Waals surface area contributed by atoms with Gasteiger partial charge < -0.3 is 10.6 Å². The summed E-state index contributed by atoms with van der Waals surface area (Å²) in [6.45, 7) is 7.18. The van der Waals surface area contributed by atoms with Crippen LogP contribution in [0.25, 0.3) is 0 Å². The SMILES string of the molecule is CC1CCC(C2CCC(C3NCC(C)CN3)CC2)CC1. The highest BCUT2D eigenvalue weighted by atomic mass is 15.2. The van der Waals surface area contributed by atoms with Crippen molar-refractivity contribution in [2.24, 2.45) is 29.6 Å². The van der Waals surface area contributed by atoms with Gasteiger partial charge in [-0.15, -0.1) is 0 Å². The molecule has 1 aliphatic heterocycles. The highest BCUT2D eigenvalue weighted by Crippen LogP contribution is 2.41. The molecule has 1 heterocycles. The Balaban J connectivity index is 1.42. The van der Waals surface area contributed by atoms with Crippen molar-refractivity contribution >= 4 is 0 Å². The van der Waals surface area contributed by atoms with Gasteiger partial charge in [0, 0.05) is 13.1 Å². The highest BCUT2D eigenvalue weighted by molar-refractivity contribution is 4.87. The smallest absolute Gasteiger partial charge is 0.0600 e. The van der Waals surface area contributed by atoms with E-state index in [-0.39, 0.29) is 0 Å². The van der Waals surface area contributed by atoms with E-state index < -0.39 is 0 Å². The zero-order valence-electron chi connectivity index (χ0n) is 13.5. The van der Waals surface area contributed by atoms with Crippen LogP contribution in [0.5, 0.6) is 0 Å². The molecule has 3 fully saturated rings. The zero-order valence-corrected chi connectivity index (χ0v) is 13.5. The molecule has 3 aliphatic rings. The maximum Gasteiger partial charge on any atom is 0.0600 e. The van der Waals surface area contributed by atoms with Gasteiger partial charge >= 0.3 is 0 Å². The molecule has 0 amide bonds. The van der Waals surface area contributed by atoms with E-state index in [4.69, 9.17) is 0 Å². The average molecular weight is 278 g/mol. The third kappa shape index (κ3) is 3.57. The van der Waals surface area contributed by atoms with E-state index in [9.17, 15) is 0 Å². The first-order chi connectivity index (χ1) is 9.72. The van der Waals surface area contributed by atoms with Crippen molar-refractivity contribution in [1.82, 2.24) is 10.6 Å². The summed E-state index contributed by atoms with van der Waals surface area (Å²) in [5, 5.41) is 7.46. The van der Waals surface area contributed by atoms with Crippen molar-refractivity contribution in [3.8, 4) is 0 Å². The van der Waals surface area contributed by atoms with Gasteiger partial charge in [-0.25, -0.2) is 0 Å². The Kier molecular flexibility index (Phi) is 5.04. The van der Waals surface area contributed by atoms with Crippen molar-refractivity contribution in [1.29, 1.82) is 0 Å². The second kappa shape index (κ2) is 6.79. The van der Waals surface area contributed by atoms with Crippen LogP contribution in [0.1, 0.15) is 65.2 Å². The summed E-state index contributed by atoms with van der Waals surface area (Å²) in [5.41, 5.74) is 0. The zero-order chi connectivity index (χ0) is 13.9. The molecule has 0 radical (unpaired) electrons. The van der Waals surface area contributed by atoms with Gasteiger partial charge in [0.1, 0.15) is 0 Å². The molecule has 0 bridgehead atoms. The van der Waals surface area contributed by atoms with E-state index >= 15 is 0 Å². The summed E-state index contributed by atoms with van der Waals surface area (Å²) in [6, 6.07) is 0. The van der Waals surface area contributed by atoms with E-state index in [1.54, 1.807) is 0 Å². The van der Waals surface area contributed by atoms with Crippen molar-refractivity contribution in [2.45, 2.75) is 71.4 Å². The molecule has 2 nitrogen and oxygen atoms in total. The Labute approximate surface area is 125 Å². The fraction of sp³-hybridized carbons (Fsp3) is 1.00. The van der Waals surface area contributed by atoms with Gasteiger partial charge in [0.2, 0.25) is 0 Å². The third-order valence-corrected chi connectivity index (χ3v) is 6.39. The molecule has 2 saturated carbocycles. The topological polar surface area (TPSA) is 24.1 Å². The first-order valence-corrected chi connectivity index (χ1v) is 9.19. The quantitative estimate of drug-likeness (QED) is 0.803. The molecule has 3 rings (SSSR count). The summed E-state index contributed by atoms with van der Waals surface area (Å²) in [6.07, 6.45) is 12.5. The van der Waals surface area contributed by atoms with Crippen LogP contribution in [-0.4, -0.2) is 19.3 Å². The molecule has 0 aromatic heterocycles. The van der Waals surface area contributed by atoms with E-state index in [1.807, 2.05) is 0 Å². The van der Waals surface area contributed by atoms with E-state index in [1.165, 1.54) is 64.5 Å². The van der Waals surface area contributed by atoms with Crippen LogP contribution in [0.3, 0.4) is 0 Å². The van der Waals surface area contributed by atoms with Crippen LogP contribution in [-0.2, 0) is 0 Å². The average Bonchev–Trinajstić information content (AvgIpc) is 2.49. The lowest BCUT2D eigenvalue weighted by Gasteiger charge is -2.41. The molecule has 2 aliphatic carbocycles. The van der Waals surface area contributed by atoms with Gasteiger partial charge in [0.25, 0.3) is 0 Å². The second-order valence-corrected chi connectivity index (χ2v) is 8.09. The van der Waals surface area contributed by atoms with E-state index in [0.29, 0.717) is 6.17 Å². The minimum atomic E-state index is 0.610. The Bertz CT molecular complexity index is 250. The number of nitrogens with one attached hydrogen (secondary N) is 2. The van der Waals surface area contributed by atoms with Gasteiger partial charge in [-0.3, -0.25) is 0 Å². The number of hydrogen-bond donors (Lipinski definition) is 2. The lowest BCUT2D eigenvalue weighted by atomic mass is 9.69. The normalized spacial score (nSPS) is 47.1. The standard InChI is InChI=1S/C18H34N2/c1-13-3-5-15(6-4-13)16-7-9-17(10-8-16)18-19-11-14(2)12-20-18/h13-20H,3-12H2,1-2H3. The highest BCUT2D eigenvalue weighted by Gasteiger charge is 2.33. The molecule has 20 heavy (non-hydrogen) atoms.